The number of nitrogen functional groups attached to an aromatic ring is 1. The largest absolute Gasteiger partial charge is 0.399 e. The highest BCUT2D eigenvalue weighted by atomic mass is 35.5. The van der Waals surface area contributed by atoms with Gasteiger partial charge in [-0.1, -0.05) is 11.6 Å². The summed E-state index contributed by atoms with van der Waals surface area (Å²) >= 11 is 7.12. The van der Waals surface area contributed by atoms with Crippen molar-refractivity contribution in [2.75, 3.05) is 10.5 Å². The summed E-state index contributed by atoms with van der Waals surface area (Å²) in [5.41, 5.74) is 6.32. The third-order valence-corrected chi connectivity index (χ3v) is 5.40. The Morgan fingerprint density at radius 2 is 2.00 bits per heavy atom. The molecule has 1 aromatic carbocycles. The fourth-order valence-electron chi connectivity index (χ4n) is 1.37. The Hall–Kier alpha value is -1.24. The van der Waals surface area contributed by atoms with E-state index in [0.29, 0.717) is 10.7 Å². The number of aryl methyl sites for hydroxylation is 1. The van der Waals surface area contributed by atoms with Crippen molar-refractivity contribution < 1.29 is 8.42 Å². The van der Waals surface area contributed by atoms with E-state index in [1.807, 2.05) is 6.92 Å². The second kappa shape index (κ2) is 4.79. The monoisotopic (exact) mass is 302 g/mol. The minimum Gasteiger partial charge on any atom is -0.399 e. The molecule has 0 fully saturated rings. The molecule has 1 heterocycles. The van der Waals surface area contributed by atoms with Crippen LogP contribution in [-0.4, -0.2) is 8.42 Å². The Bertz CT molecular complexity index is 680. The van der Waals surface area contributed by atoms with Crippen molar-refractivity contribution in [1.82, 2.24) is 0 Å². The zero-order valence-electron chi connectivity index (χ0n) is 9.48. The minimum atomic E-state index is -3.60. The Labute approximate surface area is 114 Å². The smallest absolute Gasteiger partial charge is 0.271 e. The topological polar surface area (TPSA) is 72.2 Å². The first-order valence-corrected chi connectivity index (χ1v) is 7.70. The lowest BCUT2D eigenvalue weighted by Crippen LogP contribution is -2.12. The van der Waals surface area contributed by atoms with Crippen LogP contribution in [0.1, 0.15) is 4.88 Å². The molecule has 3 N–H and O–H groups in total. The Morgan fingerprint density at radius 3 is 2.61 bits per heavy atom. The van der Waals surface area contributed by atoms with Gasteiger partial charge < -0.3 is 5.73 Å². The maximum Gasteiger partial charge on any atom is 0.271 e. The molecule has 0 unspecified atom stereocenters. The molecule has 2 rings (SSSR count). The second-order valence-electron chi connectivity index (χ2n) is 3.71. The number of sulfonamides is 1. The summed E-state index contributed by atoms with van der Waals surface area (Å²) in [6.07, 6.45) is 0. The van der Waals surface area contributed by atoms with Gasteiger partial charge in [-0.05, 0) is 37.3 Å². The molecule has 0 atom stereocenters. The van der Waals surface area contributed by atoms with E-state index in [2.05, 4.69) is 4.72 Å². The molecule has 96 valence electrons. The molecule has 18 heavy (non-hydrogen) atoms. The van der Waals surface area contributed by atoms with Crippen LogP contribution >= 0.6 is 22.9 Å². The van der Waals surface area contributed by atoms with E-state index >= 15 is 0 Å². The molecule has 0 amide bonds. The van der Waals surface area contributed by atoms with E-state index in [9.17, 15) is 8.42 Å². The highest BCUT2D eigenvalue weighted by Crippen LogP contribution is 2.28. The van der Waals surface area contributed by atoms with Crippen LogP contribution in [0.25, 0.3) is 0 Å². The lowest BCUT2D eigenvalue weighted by molar-refractivity contribution is 0.603. The first-order valence-electron chi connectivity index (χ1n) is 5.03. The average molecular weight is 303 g/mol. The van der Waals surface area contributed by atoms with Crippen LogP contribution in [-0.2, 0) is 10.0 Å². The third kappa shape index (κ3) is 2.77. The standard InChI is InChI=1S/C11H11ClN2O2S2/c1-7-2-5-11(17-7)18(15,16)14-10-6-8(13)3-4-9(10)12/h2-6,14H,13H2,1H3. The molecule has 4 nitrogen and oxygen atoms in total. The summed E-state index contributed by atoms with van der Waals surface area (Å²) in [6, 6.07) is 7.95. The second-order valence-corrected chi connectivity index (χ2v) is 7.31. The maximum atomic E-state index is 12.1. The summed E-state index contributed by atoms with van der Waals surface area (Å²) < 4.78 is 26.8. The number of halogens is 1. The molecule has 1 aromatic heterocycles. The fraction of sp³-hybridized carbons (Fsp3) is 0.0909. The highest BCUT2D eigenvalue weighted by Gasteiger charge is 2.17. The number of rotatable bonds is 3. The molecule has 0 bridgehead atoms. The van der Waals surface area contributed by atoms with Crippen LogP contribution in [0.5, 0.6) is 0 Å². The fourth-order valence-corrected chi connectivity index (χ4v) is 3.95. The van der Waals surface area contributed by atoms with Crippen LogP contribution < -0.4 is 10.5 Å². The van der Waals surface area contributed by atoms with Crippen molar-refractivity contribution in [3.05, 3.63) is 40.2 Å². The summed E-state index contributed by atoms with van der Waals surface area (Å²) in [4.78, 5) is 0.925. The summed E-state index contributed by atoms with van der Waals surface area (Å²) in [5, 5.41) is 0.307. The van der Waals surface area contributed by atoms with Gasteiger partial charge in [0.05, 0.1) is 10.7 Å². The molecular formula is C11H11ClN2O2S2. The van der Waals surface area contributed by atoms with Gasteiger partial charge in [0, 0.05) is 10.6 Å². The van der Waals surface area contributed by atoms with Gasteiger partial charge in [0.1, 0.15) is 4.21 Å². The predicted molar refractivity (Wildman–Crippen MR) is 75.7 cm³/mol. The van der Waals surface area contributed by atoms with Crippen LogP contribution in [0.4, 0.5) is 11.4 Å². The van der Waals surface area contributed by atoms with E-state index in [1.54, 1.807) is 24.3 Å². The van der Waals surface area contributed by atoms with Gasteiger partial charge in [-0.25, -0.2) is 8.42 Å². The molecule has 0 radical (unpaired) electrons. The number of hydrogen-bond donors (Lipinski definition) is 2. The maximum absolute atomic E-state index is 12.1. The molecule has 0 aliphatic heterocycles. The molecule has 0 spiro atoms. The first-order chi connectivity index (χ1) is 8.38. The van der Waals surface area contributed by atoms with E-state index < -0.39 is 10.0 Å². The van der Waals surface area contributed by atoms with Crippen molar-refractivity contribution in [2.45, 2.75) is 11.1 Å². The first kappa shape index (κ1) is 13.2. The van der Waals surface area contributed by atoms with Crippen molar-refractivity contribution in [3.8, 4) is 0 Å². The molecular weight excluding hydrogens is 292 g/mol. The molecule has 0 aliphatic carbocycles. The molecule has 2 aromatic rings. The lowest BCUT2D eigenvalue weighted by Gasteiger charge is -2.08. The normalized spacial score (nSPS) is 11.4. The minimum absolute atomic E-state index is 0.249. The summed E-state index contributed by atoms with van der Waals surface area (Å²) in [6.45, 7) is 1.84. The van der Waals surface area contributed by atoms with Gasteiger partial charge in [-0.2, -0.15) is 0 Å². The van der Waals surface area contributed by atoms with Gasteiger partial charge in [0.25, 0.3) is 10.0 Å². The van der Waals surface area contributed by atoms with E-state index in [4.69, 9.17) is 17.3 Å². The van der Waals surface area contributed by atoms with Gasteiger partial charge in [-0.3, -0.25) is 4.72 Å². The Morgan fingerprint density at radius 1 is 1.28 bits per heavy atom. The van der Waals surface area contributed by atoms with Crippen LogP contribution in [0, 0.1) is 6.92 Å². The third-order valence-electron chi connectivity index (χ3n) is 2.22. The van der Waals surface area contributed by atoms with Crippen molar-refractivity contribution in [3.63, 3.8) is 0 Å². The number of hydrogen-bond acceptors (Lipinski definition) is 4. The molecule has 0 saturated carbocycles. The van der Waals surface area contributed by atoms with Gasteiger partial charge in [-0.15, -0.1) is 11.3 Å². The highest BCUT2D eigenvalue weighted by molar-refractivity contribution is 7.94. The van der Waals surface area contributed by atoms with Crippen LogP contribution in [0.3, 0.4) is 0 Å². The van der Waals surface area contributed by atoms with E-state index in [0.717, 1.165) is 4.88 Å². The van der Waals surface area contributed by atoms with Crippen LogP contribution in [0.15, 0.2) is 34.5 Å². The molecule has 7 heteroatoms. The zero-order valence-corrected chi connectivity index (χ0v) is 11.9. The number of anilines is 2. The average Bonchev–Trinajstić information content (AvgIpc) is 2.71. The number of thiophene rings is 1. The Kier molecular flexibility index (Phi) is 3.52. The van der Waals surface area contributed by atoms with Crippen molar-refractivity contribution >= 4 is 44.3 Å². The van der Waals surface area contributed by atoms with E-state index in [-0.39, 0.29) is 9.90 Å². The molecule has 0 saturated heterocycles. The van der Waals surface area contributed by atoms with Gasteiger partial charge in [0.2, 0.25) is 0 Å². The summed E-state index contributed by atoms with van der Waals surface area (Å²) in [5.74, 6) is 0. The van der Waals surface area contributed by atoms with E-state index in [1.165, 1.54) is 17.4 Å². The van der Waals surface area contributed by atoms with Crippen LogP contribution in [0.2, 0.25) is 5.02 Å². The number of nitrogens with one attached hydrogen (secondary N) is 1. The SMILES string of the molecule is Cc1ccc(S(=O)(=O)Nc2cc(N)ccc2Cl)s1. The van der Waals surface area contributed by atoms with Gasteiger partial charge in [0.15, 0.2) is 0 Å². The Balaban J connectivity index is 2.36. The number of nitrogens with two attached hydrogens (primary N) is 1. The van der Waals surface area contributed by atoms with Gasteiger partial charge >= 0.3 is 0 Å². The molecule has 0 aliphatic rings. The van der Waals surface area contributed by atoms with Crippen molar-refractivity contribution in [1.29, 1.82) is 0 Å². The quantitative estimate of drug-likeness (QED) is 0.856. The summed E-state index contributed by atoms with van der Waals surface area (Å²) in [7, 11) is -3.60. The van der Waals surface area contributed by atoms with Crippen molar-refractivity contribution in [2.24, 2.45) is 0 Å². The predicted octanol–water partition coefficient (Wildman–Crippen LogP) is 3.09. The number of benzene rings is 1. The lowest BCUT2D eigenvalue weighted by atomic mass is 10.3. The zero-order chi connectivity index (χ0) is 13.3.